The number of nitrogens with zero attached hydrogens (tertiary/aromatic N) is 3. The molecule has 1 unspecified atom stereocenters. The van der Waals surface area contributed by atoms with Crippen molar-refractivity contribution in [3.8, 4) is 0 Å². The van der Waals surface area contributed by atoms with Gasteiger partial charge in [0.1, 0.15) is 5.82 Å². The van der Waals surface area contributed by atoms with Gasteiger partial charge in [0.25, 0.3) is 5.91 Å². The highest BCUT2D eigenvalue weighted by molar-refractivity contribution is 6.31. The summed E-state index contributed by atoms with van der Waals surface area (Å²) in [5.41, 5.74) is 1.05. The van der Waals surface area contributed by atoms with Crippen LogP contribution < -0.4 is 0 Å². The van der Waals surface area contributed by atoms with Crippen LogP contribution in [0.3, 0.4) is 0 Å². The Morgan fingerprint density at radius 2 is 2.32 bits per heavy atom. The number of carbonyl (C=O) groups is 1. The van der Waals surface area contributed by atoms with Crippen LogP contribution in [0.25, 0.3) is 0 Å². The van der Waals surface area contributed by atoms with E-state index in [0.717, 1.165) is 12.8 Å². The summed E-state index contributed by atoms with van der Waals surface area (Å²) in [5.74, 6) is -0.365. The van der Waals surface area contributed by atoms with Gasteiger partial charge in [0.2, 0.25) is 0 Å². The maximum Gasteiger partial charge on any atom is 0.257 e. The summed E-state index contributed by atoms with van der Waals surface area (Å²) in [4.78, 5) is 14.4. The van der Waals surface area contributed by atoms with E-state index in [0.29, 0.717) is 29.1 Å². The molecule has 0 aliphatic carbocycles. The zero-order valence-electron chi connectivity index (χ0n) is 12.3. The van der Waals surface area contributed by atoms with E-state index < -0.39 is 0 Å². The molecule has 0 spiro atoms. The third-order valence-electron chi connectivity index (χ3n) is 4.09. The molecule has 0 radical (unpaired) electrons. The van der Waals surface area contributed by atoms with E-state index in [2.05, 4.69) is 5.10 Å². The van der Waals surface area contributed by atoms with Gasteiger partial charge in [0.15, 0.2) is 0 Å². The number of aryl methyl sites for hydroxylation is 1. The minimum Gasteiger partial charge on any atom is -0.335 e. The molecule has 1 atom stereocenters. The molecule has 1 aliphatic rings. The lowest BCUT2D eigenvalue weighted by Gasteiger charge is -2.25. The summed E-state index contributed by atoms with van der Waals surface area (Å²) in [6, 6.07) is 4.65. The number of amides is 1. The number of aromatic nitrogens is 2. The average Bonchev–Trinajstić information content (AvgIpc) is 3.11. The second kappa shape index (κ2) is 6.08. The number of carbonyl (C=O) groups excluding carboxylic acids is 1. The molecule has 1 amide bonds. The van der Waals surface area contributed by atoms with Crippen molar-refractivity contribution >= 4 is 17.5 Å². The van der Waals surface area contributed by atoms with Crippen LogP contribution in [0.5, 0.6) is 0 Å². The molecule has 2 aromatic rings. The Labute approximate surface area is 133 Å². The Bertz CT molecular complexity index is 680. The zero-order chi connectivity index (χ0) is 15.7. The molecule has 1 aromatic carbocycles. The molecule has 6 heteroatoms. The Morgan fingerprint density at radius 3 is 3.00 bits per heavy atom. The van der Waals surface area contributed by atoms with Crippen LogP contribution in [0.4, 0.5) is 4.39 Å². The normalized spacial score (nSPS) is 18.0. The van der Waals surface area contributed by atoms with Crippen LogP contribution in [0.1, 0.15) is 28.8 Å². The molecule has 0 N–H and O–H groups in total. The van der Waals surface area contributed by atoms with Crippen LogP contribution in [-0.2, 0) is 13.5 Å². The third-order valence-corrected chi connectivity index (χ3v) is 4.45. The molecule has 0 saturated carbocycles. The predicted octanol–water partition coefficient (Wildman–Crippen LogP) is 3.06. The van der Waals surface area contributed by atoms with Crippen molar-refractivity contribution < 1.29 is 9.18 Å². The van der Waals surface area contributed by atoms with Gasteiger partial charge < -0.3 is 4.90 Å². The van der Waals surface area contributed by atoms with Gasteiger partial charge in [-0.1, -0.05) is 17.7 Å². The molecule has 1 aromatic heterocycles. The summed E-state index contributed by atoms with van der Waals surface area (Å²) >= 11 is 6.10. The molecule has 1 saturated heterocycles. The van der Waals surface area contributed by atoms with E-state index in [9.17, 15) is 9.18 Å². The van der Waals surface area contributed by atoms with Crippen molar-refractivity contribution in [3.05, 3.63) is 52.6 Å². The minimum atomic E-state index is -0.312. The van der Waals surface area contributed by atoms with Gasteiger partial charge in [-0.25, -0.2) is 4.39 Å². The van der Waals surface area contributed by atoms with Gasteiger partial charge >= 0.3 is 0 Å². The van der Waals surface area contributed by atoms with E-state index in [1.54, 1.807) is 41.2 Å². The van der Waals surface area contributed by atoms with Gasteiger partial charge in [-0.15, -0.1) is 0 Å². The van der Waals surface area contributed by atoms with Crippen molar-refractivity contribution in [2.75, 3.05) is 6.54 Å². The first-order chi connectivity index (χ1) is 10.6. The fourth-order valence-corrected chi connectivity index (χ4v) is 3.22. The van der Waals surface area contributed by atoms with Crippen molar-refractivity contribution in [1.82, 2.24) is 14.7 Å². The quantitative estimate of drug-likeness (QED) is 0.871. The molecule has 116 valence electrons. The smallest absolute Gasteiger partial charge is 0.257 e. The minimum absolute atomic E-state index is 0.0258. The summed E-state index contributed by atoms with van der Waals surface area (Å²) in [5, 5.41) is 4.45. The first-order valence-corrected chi connectivity index (χ1v) is 7.66. The molecule has 1 fully saturated rings. The van der Waals surface area contributed by atoms with E-state index in [4.69, 9.17) is 11.6 Å². The van der Waals surface area contributed by atoms with E-state index >= 15 is 0 Å². The van der Waals surface area contributed by atoms with Crippen LogP contribution in [0.2, 0.25) is 5.02 Å². The molecular weight excluding hydrogens is 305 g/mol. The van der Waals surface area contributed by atoms with Gasteiger partial charge in [0.05, 0.1) is 11.8 Å². The van der Waals surface area contributed by atoms with Crippen LogP contribution >= 0.6 is 11.6 Å². The number of benzene rings is 1. The number of halogens is 2. The lowest BCUT2D eigenvalue weighted by Crippen LogP contribution is -2.36. The molecular formula is C16H17ClFN3O. The predicted molar refractivity (Wildman–Crippen MR) is 82.4 cm³/mol. The maximum absolute atomic E-state index is 14.0. The molecule has 0 bridgehead atoms. The zero-order valence-corrected chi connectivity index (χ0v) is 13.1. The largest absolute Gasteiger partial charge is 0.335 e. The topological polar surface area (TPSA) is 38.1 Å². The van der Waals surface area contributed by atoms with Crippen molar-refractivity contribution in [2.45, 2.75) is 25.3 Å². The van der Waals surface area contributed by atoms with Crippen molar-refractivity contribution in [3.63, 3.8) is 0 Å². The maximum atomic E-state index is 14.0. The second-order valence-electron chi connectivity index (χ2n) is 5.60. The SMILES string of the molecule is Cn1cc(C(=O)N2CCCC2Cc2c(F)cccc2Cl)cn1. The fourth-order valence-electron chi connectivity index (χ4n) is 2.98. The first-order valence-electron chi connectivity index (χ1n) is 7.29. The highest BCUT2D eigenvalue weighted by atomic mass is 35.5. The number of hydrogen-bond donors (Lipinski definition) is 0. The summed E-state index contributed by atoms with van der Waals surface area (Å²) in [6.07, 6.45) is 5.48. The molecule has 3 rings (SSSR count). The summed E-state index contributed by atoms with van der Waals surface area (Å²) in [7, 11) is 1.78. The van der Waals surface area contributed by atoms with Gasteiger partial charge in [-0.2, -0.15) is 5.10 Å². The lowest BCUT2D eigenvalue weighted by molar-refractivity contribution is 0.0736. The number of rotatable bonds is 3. The second-order valence-corrected chi connectivity index (χ2v) is 6.01. The molecule has 2 heterocycles. The number of likely N-dealkylation sites (tertiary alicyclic amines) is 1. The van der Waals surface area contributed by atoms with Gasteiger partial charge in [0, 0.05) is 36.4 Å². The third kappa shape index (κ3) is 2.86. The summed E-state index contributed by atoms with van der Waals surface area (Å²) < 4.78 is 15.6. The fraction of sp³-hybridized carbons (Fsp3) is 0.375. The highest BCUT2D eigenvalue weighted by Crippen LogP contribution is 2.27. The monoisotopic (exact) mass is 321 g/mol. The van der Waals surface area contributed by atoms with E-state index in [1.165, 1.54) is 6.07 Å². The molecule has 1 aliphatic heterocycles. The Kier molecular flexibility index (Phi) is 4.16. The van der Waals surface area contributed by atoms with Crippen molar-refractivity contribution in [2.24, 2.45) is 7.05 Å². The Balaban J connectivity index is 1.80. The lowest BCUT2D eigenvalue weighted by atomic mass is 10.0. The van der Waals surface area contributed by atoms with Gasteiger partial charge in [-0.3, -0.25) is 9.48 Å². The van der Waals surface area contributed by atoms with Gasteiger partial charge in [-0.05, 0) is 31.4 Å². The average molecular weight is 322 g/mol. The first kappa shape index (κ1) is 15.0. The number of hydrogen-bond acceptors (Lipinski definition) is 2. The standard InChI is InChI=1S/C16H17ClFN3O/c1-20-10-11(9-19-20)16(22)21-7-3-4-12(21)8-13-14(17)5-2-6-15(13)18/h2,5-6,9-10,12H,3-4,7-8H2,1H3. The Hall–Kier alpha value is -1.88. The van der Waals surface area contributed by atoms with E-state index in [-0.39, 0.29) is 17.8 Å². The van der Waals surface area contributed by atoms with Crippen LogP contribution in [-0.4, -0.2) is 33.2 Å². The highest BCUT2D eigenvalue weighted by Gasteiger charge is 2.31. The van der Waals surface area contributed by atoms with Crippen LogP contribution in [0.15, 0.2) is 30.6 Å². The molecule has 4 nitrogen and oxygen atoms in total. The van der Waals surface area contributed by atoms with E-state index in [1.807, 2.05) is 0 Å². The Morgan fingerprint density at radius 1 is 1.50 bits per heavy atom. The van der Waals surface area contributed by atoms with Crippen molar-refractivity contribution in [1.29, 1.82) is 0 Å². The summed E-state index contributed by atoms with van der Waals surface area (Å²) in [6.45, 7) is 0.685. The molecule has 22 heavy (non-hydrogen) atoms. The van der Waals surface area contributed by atoms with Crippen LogP contribution in [0, 0.1) is 5.82 Å².